The van der Waals surface area contributed by atoms with Crippen LogP contribution in [0.5, 0.6) is 0 Å². The van der Waals surface area contributed by atoms with Crippen molar-refractivity contribution >= 4 is 5.97 Å². The van der Waals surface area contributed by atoms with E-state index in [4.69, 9.17) is 4.74 Å². The quantitative estimate of drug-likeness (QED) is 0.595. The molecule has 1 rings (SSSR count). The number of esters is 1. The highest BCUT2D eigenvalue weighted by Crippen LogP contribution is 2.40. The number of methoxy groups -OCH3 is 1. The molecule has 0 unspecified atom stereocenters. The predicted octanol–water partition coefficient (Wildman–Crippen LogP) is 2.38. The van der Waals surface area contributed by atoms with Crippen LogP contribution in [0, 0.1) is 11.3 Å². The van der Waals surface area contributed by atoms with Crippen LogP contribution >= 0.6 is 0 Å². The molecule has 0 radical (unpaired) electrons. The van der Waals surface area contributed by atoms with E-state index in [0.717, 1.165) is 0 Å². The average molecular weight is 170 g/mol. The minimum absolute atomic E-state index is 0.0607. The van der Waals surface area contributed by atoms with Gasteiger partial charge >= 0.3 is 5.97 Å². The monoisotopic (exact) mass is 170 g/mol. The van der Waals surface area contributed by atoms with E-state index >= 15 is 0 Å². The Labute approximate surface area is 74.3 Å². The summed E-state index contributed by atoms with van der Waals surface area (Å²) in [5.41, 5.74) is -0.273. The van der Waals surface area contributed by atoms with Crippen LogP contribution in [-0.2, 0) is 9.53 Å². The highest BCUT2D eigenvalue weighted by atomic mass is 16.5. The lowest BCUT2D eigenvalue weighted by molar-refractivity contribution is -0.153. The van der Waals surface area contributed by atoms with Crippen LogP contribution in [0.15, 0.2) is 0 Å². The Bertz CT molecular complexity index is 167. The Balaban J connectivity index is 2.62. The van der Waals surface area contributed by atoms with Crippen LogP contribution in [0.3, 0.4) is 0 Å². The molecule has 2 nitrogen and oxygen atoms in total. The summed E-state index contributed by atoms with van der Waals surface area (Å²) < 4.78 is 4.79. The molecule has 1 saturated carbocycles. The second kappa shape index (κ2) is 3.46. The van der Waals surface area contributed by atoms with Crippen molar-refractivity contribution in [3.63, 3.8) is 0 Å². The van der Waals surface area contributed by atoms with E-state index in [-0.39, 0.29) is 11.4 Å². The van der Waals surface area contributed by atoms with Crippen molar-refractivity contribution < 1.29 is 9.53 Å². The van der Waals surface area contributed by atoms with Gasteiger partial charge in [0.1, 0.15) is 0 Å². The Morgan fingerprint density at radius 2 is 1.83 bits per heavy atom. The molecule has 0 N–H and O–H groups in total. The average Bonchev–Trinajstić information content (AvgIpc) is 2.55. The molecule has 0 aliphatic heterocycles. The van der Waals surface area contributed by atoms with Gasteiger partial charge in [-0.15, -0.1) is 0 Å². The maximum atomic E-state index is 11.4. The van der Waals surface area contributed by atoms with Gasteiger partial charge in [-0.25, -0.2) is 0 Å². The third-order valence-electron chi connectivity index (χ3n) is 3.09. The molecule has 0 amide bonds. The number of rotatable bonds is 2. The summed E-state index contributed by atoms with van der Waals surface area (Å²) in [6.45, 7) is 3.99. The van der Waals surface area contributed by atoms with Gasteiger partial charge in [0, 0.05) is 0 Å². The van der Waals surface area contributed by atoms with E-state index in [1.807, 2.05) is 13.8 Å². The van der Waals surface area contributed by atoms with Gasteiger partial charge in [0.15, 0.2) is 0 Å². The maximum Gasteiger partial charge on any atom is 0.311 e. The van der Waals surface area contributed by atoms with Crippen molar-refractivity contribution in [1.29, 1.82) is 0 Å². The molecule has 0 saturated heterocycles. The molecule has 0 bridgehead atoms. The smallest absolute Gasteiger partial charge is 0.311 e. The molecule has 0 atom stereocenters. The summed E-state index contributed by atoms with van der Waals surface area (Å²) >= 11 is 0. The molecule has 0 heterocycles. The van der Waals surface area contributed by atoms with Crippen LogP contribution in [-0.4, -0.2) is 13.1 Å². The Kier molecular flexibility index (Phi) is 2.76. The summed E-state index contributed by atoms with van der Waals surface area (Å²) in [7, 11) is 1.47. The highest BCUT2D eigenvalue weighted by molar-refractivity contribution is 5.76. The lowest BCUT2D eigenvalue weighted by Gasteiger charge is -2.28. The summed E-state index contributed by atoms with van der Waals surface area (Å²) in [5, 5.41) is 0. The molecule has 2 heteroatoms. The van der Waals surface area contributed by atoms with Crippen LogP contribution in [0.2, 0.25) is 0 Å². The van der Waals surface area contributed by atoms with Crippen molar-refractivity contribution in [2.75, 3.05) is 7.11 Å². The fourth-order valence-electron chi connectivity index (χ4n) is 2.08. The number of hydrogen-bond donors (Lipinski definition) is 0. The van der Waals surface area contributed by atoms with Crippen molar-refractivity contribution in [3.05, 3.63) is 0 Å². The number of ether oxygens (including phenoxy) is 1. The summed E-state index contributed by atoms with van der Waals surface area (Å²) in [4.78, 5) is 11.4. The fraction of sp³-hybridized carbons (Fsp3) is 0.900. The predicted molar refractivity (Wildman–Crippen MR) is 47.8 cm³/mol. The molecule has 0 aromatic rings. The lowest BCUT2D eigenvalue weighted by atomic mass is 9.78. The van der Waals surface area contributed by atoms with Crippen molar-refractivity contribution in [1.82, 2.24) is 0 Å². The van der Waals surface area contributed by atoms with E-state index in [2.05, 4.69) is 0 Å². The molecule has 0 aromatic carbocycles. The molecule has 1 aliphatic carbocycles. The minimum atomic E-state index is -0.273. The number of hydrogen-bond acceptors (Lipinski definition) is 2. The van der Waals surface area contributed by atoms with Crippen LogP contribution in [0.25, 0.3) is 0 Å². The van der Waals surface area contributed by atoms with Gasteiger partial charge in [-0.05, 0) is 32.6 Å². The number of carbonyl (C=O) groups excluding carboxylic acids is 1. The van der Waals surface area contributed by atoms with Crippen molar-refractivity contribution in [2.45, 2.75) is 39.5 Å². The van der Waals surface area contributed by atoms with E-state index in [1.54, 1.807) is 0 Å². The fourth-order valence-corrected chi connectivity index (χ4v) is 2.08. The minimum Gasteiger partial charge on any atom is -0.469 e. The molecular formula is C10H18O2. The van der Waals surface area contributed by atoms with E-state index in [0.29, 0.717) is 5.92 Å². The third-order valence-corrected chi connectivity index (χ3v) is 3.09. The topological polar surface area (TPSA) is 26.3 Å². The van der Waals surface area contributed by atoms with Crippen molar-refractivity contribution in [3.8, 4) is 0 Å². The first kappa shape index (κ1) is 9.56. The SMILES string of the molecule is COC(=O)C(C)(C)C1CCCC1. The van der Waals surface area contributed by atoms with Crippen molar-refractivity contribution in [2.24, 2.45) is 11.3 Å². The van der Waals surface area contributed by atoms with Crippen LogP contribution in [0.4, 0.5) is 0 Å². The molecular weight excluding hydrogens is 152 g/mol. The first-order chi connectivity index (χ1) is 5.59. The molecule has 70 valence electrons. The van der Waals surface area contributed by atoms with Gasteiger partial charge < -0.3 is 4.74 Å². The molecule has 1 aliphatic rings. The summed E-state index contributed by atoms with van der Waals surface area (Å²) in [6, 6.07) is 0. The Morgan fingerprint density at radius 1 is 1.33 bits per heavy atom. The summed E-state index contributed by atoms with van der Waals surface area (Å²) in [5.74, 6) is 0.472. The van der Waals surface area contributed by atoms with Gasteiger partial charge in [0.05, 0.1) is 12.5 Å². The Hall–Kier alpha value is -0.530. The highest BCUT2D eigenvalue weighted by Gasteiger charge is 2.38. The van der Waals surface area contributed by atoms with E-state index < -0.39 is 0 Å². The maximum absolute atomic E-state index is 11.4. The van der Waals surface area contributed by atoms with Crippen LogP contribution < -0.4 is 0 Å². The first-order valence-corrected chi connectivity index (χ1v) is 4.67. The van der Waals surface area contributed by atoms with Gasteiger partial charge in [-0.3, -0.25) is 4.79 Å². The van der Waals surface area contributed by atoms with Gasteiger partial charge in [0.25, 0.3) is 0 Å². The zero-order valence-electron chi connectivity index (χ0n) is 8.22. The zero-order chi connectivity index (χ0) is 9.19. The third kappa shape index (κ3) is 1.62. The summed E-state index contributed by atoms with van der Waals surface area (Å²) in [6.07, 6.45) is 4.90. The Morgan fingerprint density at radius 3 is 2.25 bits per heavy atom. The zero-order valence-corrected chi connectivity index (χ0v) is 8.22. The molecule has 0 aromatic heterocycles. The molecule has 1 fully saturated rings. The number of carbonyl (C=O) groups is 1. The lowest BCUT2D eigenvalue weighted by Crippen LogP contribution is -2.32. The first-order valence-electron chi connectivity index (χ1n) is 4.67. The van der Waals surface area contributed by atoms with E-state index in [1.165, 1.54) is 32.8 Å². The molecule has 12 heavy (non-hydrogen) atoms. The van der Waals surface area contributed by atoms with Crippen LogP contribution in [0.1, 0.15) is 39.5 Å². The van der Waals surface area contributed by atoms with E-state index in [9.17, 15) is 4.79 Å². The second-order valence-electron chi connectivity index (χ2n) is 4.19. The van der Waals surface area contributed by atoms with Gasteiger partial charge in [0.2, 0.25) is 0 Å². The largest absolute Gasteiger partial charge is 0.469 e. The normalized spacial score (nSPS) is 19.6. The van der Waals surface area contributed by atoms with Gasteiger partial charge in [-0.2, -0.15) is 0 Å². The second-order valence-corrected chi connectivity index (χ2v) is 4.19. The van der Waals surface area contributed by atoms with Gasteiger partial charge in [-0.1, -0.05) is 12.8 Å². The standard InChI is InChI=1S/C10H18O2/c1-10(2,9(11)12-3)8-6-4-5-7-8/h8H,4-7H2,1-3H3. The molecule has 0 spiro atoms.